The molecule has 120 valence electrons. The van der Waals surface area contributed by atoms with Crippen molar-refractivity contribution < 1.29 is 14.7 Å². The van der Waals surface area contributed by atoms with E-state index in [1.54, 1.807) is 25.1 Å². The minimum Gasteiger partial charge on any atom is -0.481 e. The summed E-state index contributed by atoms with van der Waals surface area (Å²) < 4.78 is 0. The molecule has 1 aromatic carbocycles. The highest BCUT2D eigenvalue weighted by Gasteiger charge is 2.38. The standard InChI is InChI=1S/C16H19Cl2NO3/c1-10(11-4-5-12(17)13(18)8-11)15(22)19-16(9-14(20)21)6-2-3-7-16/h4-5,8,10H,2-3,6-7,9H2,1H3,(H,19,22)(H,20,21). The summed E-state index contributed by atoms with van der Waals surface area (Å²) in [5.74, 6) is -1.48. The molecule has 0 heterocycles. The lowest BCUT2D eigenvalue weighted by Crippen LogP contribution is -2.49. The van der Waals surface area contributed by atoms with Gasteiger partial charge >= 0.3 is 5.97 Å². The van der Waals surface area contributed by atoms with Crippen molar-refractivity contribution in [2.24, 2.45) is 0 Å². The van der Waals surface area contributed by atoms with E-state index in [-0.39, 0.29) is 12.3 Å². The van der Waals surface area contributed by atoms with Gasteiger partial charge in [-0.05, 0) is 37.5 Å². The minimum absolute atomic E-state index is 0.0349. The van der Waals surface area contributed by atoms with Crippen LogP contribution in [-0.4, -0.2) is 22.5 Å². The Morgan fingerprint density at radius 2 is 1.91 bits per heavy atom. The van der Waals surface area contributed by atoms with Gasteiger partial charge in [0, 0.05) is 0 Å². The van der Waals surface area contributed by atoms with Crippen molar-refractivity contribution >= 4 is 35.1 Å². The molecule has 1 amide bonds. The number of aliphatic carboxylic acids is 1. The molecule has 6 heteroatoms. The van der Waals surface area contributed by atoms with E-state index in [0.717, 1.165) is 18.4 Å². The number of amides is 1. The Balaban J connectivity index is 2.12. The molecule has 1 saturated carbocycles. The highest BCUT2D eigenvalue weighted by atomic mass is 35.5. The topological polar surface area (TPSA) is 66.4 Å². The maximum Gasteiger partial charge on any atom is 0.305 e. The van der Waals surface area contributed by atoms with Crippen molar-refractivity contribution in [2.45, 2.75) is 50.5 Å². The van der Waals surface area contributed by atoms with Crippen molar-refractivity contribution in [3.8, 4) is 0 Å². The number of halogens is 2. The van der Waals surface area contributed by atoms with E-state index >= 15 is 0 Å². The summed E-state index contributed by atoms with van der Waals surface area (Å²) in [6, 6.07) is 5.09. The molecule has 0 spiro atoms. The largest absolute Gasteiger partial charge is 0.481 e. The van der Waals surface area contributed by atoms with Crippen LogP contribution in [0.15, 0.2) is 18.2 Å². The van der Waals surface area contributed by atoms with Crippen molar-refractivity contribution in [2.75, 3.05) is 0 Å². The van der Waals surface area contributed by atoms with Gasteiger partial charge in [0.05, 0.1) is 27.9 Å². The summed E-state index contributed by atoms with van der Waals surface area (Å²) in [5.41, 5.74) is 0.142. The number of carboxylic acid groups (broad SMARTS) is 1. The smallest absolute Gasteiger partial charge is 0.305 e. The number of carboxylic acids is 1. The second kappa shape index (κ2) is 6.88. The lowest BCUT2D eigenvalue weighted by Gasteiger charge is -2.30. The van der Waals surface area contributed by atoms with Crippen molar-refractivity contribution in [1.82, 2.24) is 5.32 Å². The van der Waals surface area contributed by atoms with Crippen LogP contribution in [0.5, 0.6) is 0 Å². The van der Waals surface area contributed by atoms with E-state index in [4.69, 9.17) is 28.3 Å². The Hall–Kier alpha value is -1.26. The van der Waals surface area contributed by atoms with Crippen LogP contribution in [0.3, 0.4) is 0 Å². The molecule has 1 aliphatic carbocycles. The number of carbonyl (C=O) groups is 2. The van der Waals surface area contributed by atoms with E-state index in [9.17, 15) is 9.59 Å². The van der Waals surface area contributed by atoms with Gasteiger partial charge in [0.2, 0.25) is 5.91 Å². The first-order chi connectivity index (χ1) is 10.3. The number of rotatable bonds is 5. The second-order valence-electron chi connectivity index (χ2n) is 5.94. The van der Waals surface area contributed by atoms with Gasteiger partial charge in [-0.15, -0.1) is 0 Å². The predicted octanol–water partition coefficient (Wildman–Crippen LogP) is 4.00. The van der Waals surface area contributed by atoms with Gasteiger partial charge in [-0.25, -0.2) is 0 Å². The Morgan fingerprint density at radius 3 is 2.45 bits per heavy atom. The number of hydrogen-bond donors (Lipinski definition) is 2. The zero-order valence-electron chi connectivity index (χ0n) is 12.4. The summed E-state index contributed by atoms with van der Waals surface area (Å²) in [4.78, 5) is 23.6. The monoisotopic (exact) mass is 343 g/mol. The summed E-state index contributed by atoms with van der Waals surface area (Å²) in [6.45, 7) is 1.78. The normalized spacial score (nSPS) is 18.0. The van der Waals surface area contributed by atoms with Gasteiger partial charge in [0.25, 0.3) is 0 Å². The number of hydrogen-bond acceptors (Lipinski definition) is 2. The van der Waals surface area contributed by atoms with Crippen LogP contribution in [-0.2, 0) is 9.59 Å². The van der Waals surface area contributed by atoms with Crippen LogP contribution in [0, 0.1) is 0 Å². The maximum atomic E-state index is 12.5. The second-order valence-corrected chi connectivity index (χ2v) is 6.76. The van der Waals surface area contributed by atoms with E-state index in [2.05, 4.69) is 5.32 Å². The molecule has 0 bridgehead atoms. The molecule has 0 saturated heterocycles. The van der Waals surface area contributed by atoms with Gasteiger partial charge in [-0.1, -0.05) is 42.1 Å². The van der Waals surface area contributed by atoms with Crippen LogP contribution in [0.2, 0.25) is 10.0 Å². The summed E-state index contributed by atoms with van der Waals surface area (Å²) in [6.07, 6.45) is 3.26. The number of carbonyl (C=O) groups excluding carboxylic acids is 1. The van der Waals surface area contributed by atoms with Crippen LogP contribution >= 0.6 is 23.2 Å². The molecule has 0 radical (unpaired) electrons. The maximum absolute atomic E-state index is 12.5. The van der Waals surface area contributed by atoms with Crippen molar-refractivity contribution in [3.05, 3.63) is 33.8 Å². The van der Waals surface area contributed by atoms with Crippen LogP contribution in [0.4, 0.5) is 0 Å². The molecule has 1 fully saturated rings. The van der Waals surface area contributed by atoms with E-state index < -0.39 is 17.4 Å². The zero-order valence-corrected chi connectivity index (χ0v) is 13.9. The number of benzene rings is 1. The van der Waals surface area contributed by atoms with Gasteiger partial charge < -0.3 is 10.4 Å². The molecule has 0 aromatic heterocycles. The Morgan fingerprint density at radius 1 is 1.27 bits per heavy atom. The SMILES string of the molecule is CC(C(=O)NC1(CC(=O)O)CCCC1)c1ccc(Cl)c(Cl)c1. The first kappa shape index (κ1) is 17.1. The lowest BCUT2D eigenvalue weighted by molar-refractivity contribution is -0.139. The minimum atomic E-state index is -0.885. The lowest BCUT2D eigenvalue weighted by atomic mass is 9.91. The summed E-state index contributed by atoms with van der Waals surface area (Å²) >= 11 is 11.9. The molecular weight excluding hydrogens is 325 g/mol. The van der Waals surface area contributed by atoms with Crippen LogP contribution in [0.25, 0.3) is 0 Å². The molecule has 1 aromatic rings. The van der Waals surface area contributed by atoms with Crippen molar-refractivity contribution in [1.29, 1.82) is 0 Å². The Bertz CT molecular complexity index is 583. The third kappa shape index (κ3) is 3.93. The Kier molecular flexibility index (Phi) is 5.35. The highest BCUT2D eigenvalue weighted by Crippen LogP contribution is 2.34. The quantitative estimate of drug-likeness (QED) is 0.848. The summed E-state index contributed by atoms with van der Waals surface area (Å²) in [5, 5.41) is 12.9. The van der Waals surface area contributed by atoms with Gasteiger partial charge in [0.15, 0.2) is 0 Å². The molecule has 0 aliphatic heterocycles. The molecule has 1 atom stereocenters. The predicted molar refractivity (Wildman–Crippen MR) is 86.5 cm³/mol. The molecule has 1 unspecified atom stereocenters. The Labute approximate surface area is 139 Å². The fourth-order valence-electron chi connectivity index (χ4n) is 2.99. The average Bonchev–Trinajstić information content (AvgIpc) is 2.88. The first-order valence-corrected chi connectivity index (χ1v) is 8.07. The van der Waals surface area contributed by atoms with Crippen LogP contribution in [0.1, 0.15) is 50.5 Å². The highest BCUT2D eigenvalue weighted by molar-refractivity contribution is 6.42. The first-order valence-electron chi connectivity index (χ1n) is 7.32. The third-order valence-electron chi connectivity index (χ3n) is 4.28. The third-order valence-corrected chi connectivity index (χ3v) is 5.01. The fourth-order valence-corrected chi connectivity index (χ4v) is 3.30. The molecular formula is C16H19Cl2NO3. The van der Waals surface area contributed by atoms with E-state index in [1.165, 1.54) is 0 Å². The molecule has 2 N–H and O–H groups in total. The molecule has 22 heavy (non-hydrogen) atoms. The van der Waals surface area contributed by atoms with Crippen LogP contribution < -0.4 is 5.32 Å². The van der Waals surface area contributed by atoms with E-state index in [1.807, 2.05) is 0 Å². The van der Waals surface area contributed by atoms with Crippen molar-refractivity contribution in [3.63, 3.8) is 0 Å². The van der Waals surface area contributed by atoms with Gasteiger partial charge in [-0.2, -0.15) is 0 Å². The fraction of sp³-hybridized carbons (Fsp3) is 0.500. The molecule has 2 rings (SSSR count). The molecule has 1 aliphatic rings. The van der Waals surface area contributed by atoms with Gasteiger partial charge in [-0.3, -0.25) is 9.59 Å². The molecule has 4 nitrogen and oxygen atoms in total. The van der Waals surface area contributed by atoms with E-state index in [0.29, 0.717) is 22.9 Å². The van der Waals surface area contributed by atoms with Gasteiger partial charge in [0.1, 0.15) is 0 Å². The summed E-state index contributed by atoms with van der Waals surface area (Å²) in [7, 11) is 0. The zero-order chi connectivity index (χ0) is 16.3. The average molecular weight is 344 g/mol. The number of nitrogens with one attached hydrogen (secondary N) is 1.